The molecule has 1 aromatic carbocycles. The number of methoxy groups -OCH3 is 1. The summed E-state index contributed by atoms with van der Waals surface area (Å²) in [6.45, 7) is 2.02. The third-order valence-corrected chi connectivity index (χ3v) is 3.61. The van der Waals surface area contributed by atoms with Crippen molar-refractivity contribution in [2.75, 3.05) is 7.11 Å². The fourth-order valence-electron chi connectivity index (χ4n) is 1.49. The summed E-state index contributed by atoms with van der Waals surface area (Å²) in [6, 6.07) is 7.46. The second kappa shape index (κ2) is 6.38. The Hall–Kier alpha value is -0.580. The van der Waals surface area contributed by atoms with Crippen molar-refractivity contribution in [2.24, 2.45) is 0 Å². The van der Waals surface area contributed by atoms with Gasteiger partial charge in [0.1, 0.15) is 0 Å². The maximum absolute atomic E-state index is 10.9. The lowest BCUT2D eigenvalue weighted by atomic mass is 10.1. The summed E-state index contributed by atoms with van der Waals surface area (Å²) in [4.78, 5) is 0. The van der Waals surface area contributed by atoms with E-state index in [1.54, 1.807) is 19.2 Å². The molecule has 1 atom stereocenters. The topological polar surface area (TPSA) is 43.4 Å². The molecule has 1 rings (SSSR count). The average molecular weight is 277 g/mol. The molecule has 0 amide bonds. The van der Waals surface area contributed by atoms with Crippen molar-refractivity contribution >= 4 is 19.7 Å². The maximum Gasteiger partial charge on any atom is 0.236 e. The van der Waals surface area contributed by atoms with Gasteiger partial charge in [-0.2, -0.15) is 0 Å². The number of ether oxygens (including phenoxy) is 1. The van der Waals surface area contributed by atoms with E-state index >= 15 is 0 Å². The summed E-state index contributed by atoms with van der Waals surface area (Å²) < 4.78 is 26.9. The molecule has 0 aliphatic rings. The Morgan fingerprint density at radius 1 is 1.24 bits per heavy atom. The quantitative estimate of drug-likeness (QED) is 0.751. The lowest BCUT2D eigenvalue weighted by molar-refractivity contribution is 0.111. The smallest absolute Gasteiger partial charge is 0.236 e. The van der Waals surface area contributed by atoms with E-state index in [4.69, 9.17) is 15.4 Å². The second-order valence-corrected chi connectivity index (χ2v) is 6.86. The molecule has 3 nitrogen and oxygen atoms in total. The summed E-state index contributed by atoms with van der Waals surface area (Å²) in [5, 5.41) is 0. The molecule has 0 aromatic heterocycles. The van der Waals surface area contributed by atoms with Crippen LogP contribution in [0.1, 0.15) is 24.5 Å². The minimum atomic E-state index is -3.47. The molecule has 0 saturated carbocycles. The first-order valence-corrected chi connectivity index (χ1v) is 7.91. The van der Waals surface area contributed by atoms with Gasteiger partial charge in [0.15, 0.2) is 0 Å². The van der Waals surface area contributed by atoms with Crippen molar-refractivity contribution in [3.8, 4) is 0 Å². The van der Waals surface area contributed by atoms with Crippen LogP contribution < -0.4 is 0 Å². The Kier molecular flexibility index (Phi) is 5.43. The predicted octanol–water partition coefficient (Wildman–Crippen LogP) is 2.72. The molecule has 0 spiro atoms. The van der Waals surface area contributed by atoms with E-state index < -0.39 is 9.05 Å². The van der Waals surface area contributed by atoms with Crippen LogP contribution in [0.4, 0.5) is 0 Å². The first-order valence-electron chi connectivity index (χ1n) is 5.43. The SMILES string of the molecule is COC(C)CCc1ccc(CS(=O)(=O)Cl)cc1. The van der Waals surface area contributed by atoms with Crippen molar-refractivity contribution in [1.82, 2.24) is 0 Å². The first kappa shape index (κ1) is 14.5. The molecule has 5 heteroatoms. The number of hydrogen-bond acceptors (Lipinski definition) is 3. The van der Waals surface area contributed by atoms with Crippen LogP contribution in [-0.4, -0.2) is 21.6 Å². The summed E-state index contributed by atoms with van der Waals surface area (Å²) in [7, 11) is 3.41. The number of benzene rings is 1. The van der Waals surface area contributed by atoms with Gasteiger partial charge >= 0.3 is 0 Å². The fraction of sp³-hybridized carbons (Fsp3) is 0.500. The highest BCUT2D eigenvalue weighted by Crippen LogP contribution is 2.13. The van der Waals surface area contributed by atoms with Gasteiger partial charge in [0, 0.05) is 17.8 Å². The van der Waals surface area contributed by atoms with E-state index in [1.807, 2.05) is 19.1 Å². The second-order valence-electron chi connectivity index (χ2n) is 4.08. The van der Waals surface area contributed by atoms with Gasteiger partial charge < -0.3 is 4.74 Å². The zero-order valence-electron chi connectivity index (χ0n) is 10.0. The van der Waals surface area contributed by atoms with Crippen LogP contribution in [0.3, 0.4) is 0 Å². The summed E-state index contributed by atoms with van der Waals surface area (Å²) >= 11 is 0. The third kappa shape index (κ3) is 6.05. The lowest BCUT2D eigenvalue weighted by Gasteiger charge is -2.09. The Labute approximate surface area is 107 Å². The van der Waals surface area contributed by atoms with Gasteiger partial charge in [-0.1, -0.05) is 24.3 Å². The molecule has 0 aliphatic carbocycles. The molecule has 0 fully saturated rings. The molecule has 1 unspecified atom stereocenters. The van der Waals surface area contributed by atoms with E-state index in [9.17, 15) is 8.42 Å². The normalized spacial score (nSPS) is 13.6. The molecule has 0 N–H and O–H groups in total. The monoisotopic (exact) mass is 276 g/mol. The Morgan fingerprint density at radius 3 is 2.24 bits per heavy atom. The molecular formula is C12H17ClO3S. The van der Waals surface area contributed by atoms with Crippen LogP contribution in [0.2, 0.25) is 0 Å². The van der Waals surface area contributed by atoms with Crippen LogP contribution >= 0.6 is 10.7 Å². The van der Waals surface area contributed by atoms with E-state index in [2.05, 4.69) is 0 Å². The van der Waals surface area contributed by atoms with Crippen LogP contribution in [0.5, 0.6) is 0 Å². The van der Waals surface area contributed by atoms with Crippen LogP contribution in [0.15, 0.2) is 24.3 Å². The van der Waals surface area contributed by atoms with Gasteiger partial charge in [0.05, 0.1) is 11.9 Å². The standard InChI is InChI=1S/C12H17ClO3S/c1-10(16-2)3-4-11-5-7-12(8-6-11)9-17(13,14)15/h5-8,10H,3-4,9H2,1-2H3. The predicted molar refractivity (Wildman–Crippen MR) is 69.7 cm³/mol. The van der Waals surface area contributed by atoms with Crippen molar-refractivity contribution in [3.05, 3.63) is 35.4 Å². The molecule has 1 aromatic rings. The molecule has 0 heterocycles. The van der Waals surface area contributed by atoms with Crippen molar-refractivity contribution < 1.29 is 13.2 Å². The van der Waals surface area contributed by atoms with Gasteiger partial charge in [-0.05, 0) is 30.9 Å². The van der Waals surface area contributed by atoms with Gasteiger partial charge in [0.2, 0.25) is 9.05 Å². The van der Waals surface area contributed by atoms with Gasteiger partial charge in [0.25, 0.3) is 0 Å². The van der Waals surface area contributed by atoms with E-state index in [0.717, 1.165) is 12.8 Å². The van der Waals surface area contributed by atoms with Crippen LogP contribution in [-0.2, 0) is 26.0 Å². The highest BCUT2D eigenvalue weighted by atomic mass is 35.7. The Bertz CT molecular complexity index is 439. The number of aryl methyl sites for hydroxylation is 1. The zero-order chi connectivity index (χ0) is 12.9. The molecule has 0 saturated heterocycles. The number of hydrogen-bond donors (Lipinski definition) is 0. The molecule has 17 heavy (non-hydrogen) atoms. The maximum atomic E-state index is 10.9. The van der Waals surface area contributed by atoms with Crippen LogP contribution in [0.25, 0.3) is 0 Å². The highest BCUT2D eigenvalue weighted by Gasteiger charge is 2.07. The molecule has 0 radical (unpaired) electrons. The summed E-state index contributed by atoms with van der Waals surface area (Å²) in [5.74, 6) is -0.122. The molecular weight excluding hydrogens is 260 g/mol. The molecule has 96 valence electrons. The molecule has 0 bridgehead atoms. The number of rotatable bonds is 6. The lowest BCUT2D eigenvalue weighted by Crippen LogP contribution is -2.05. The number of halogens is 1. The van der Waals surface area contributed by atoms with Gasteiger partial charge in [-0.3, -0.25) is 0 Å². The zero-order valence-corrected chi connectivity index (χ0v) is 11.6. The van der Waals surface area contributed by atoms with Crippen molar-refractivity contribution in [1.29, 1.82) is 0 Å². The largest absolute Gasteiger partial charge is 0.382 e. The van der Waals surface area contributed by atoms with Crippen molar-refractivity contribution in [3.63, 3.8) is 0 Å². The first-order chi connectivity index (χ1) is 7.90. The Balaban J connectivity index is 2.56. The third-order valence-electron chi connectivity index (χ3n) is 2.60. The van der Waals surface area contributed by atoms with Gasteiger partial charge in [-0.25, -0.2) is 8.42 Å². The minimum absolute atomic E-state index is 0.122. The Morgan fingerprint density at radius 2 is 1.76 bits per heavy atom. The highest BCUT2D eigenvalue weighted by molar-refractivity contribution is 8.13. The van der Waals surface area contributed by atoms with Crippen molar-refractivity contribution in [2.45, 2.75) is 31.6 Å². The van der Waals surface area contributed by atoms with Crippen LogP contribution in [0, 0.1) is 0 Å². The average Bonchev–Trinajstić information content (AvgIpc) is 2.25. The summed E-state index contributed by atoms with van der Waals surface area (Å²) in [5.41, 5.74) is 1.88. The van der Waals surface area contributed by atoms with E-state index in [1.165, 1.54) is 5.56 Å². The van der Waals surface area contributed by atoms with E-state index in [-0.39, 0.29) is 11.9 Å². The fourth-order valence-corrected chi connectivity index (χ4v) is 2.46. The summed E-state index contributed by atoms with van der Waals surface area (Å²) in [6.07, 6.45) is 2.10. The minimum Gasteiger partial charge on any atom is -0.382 e. The van der Waals surface area contributed by atoms with E-state index in [0.29, 0.717) is 5.56 Å². The van der Waals surface area contributed by atoms with Gasteiger partial charge in [-0.15, -0.1) is 0 Å². The molecule has 0 aliphatic heterocycles.